The van der Waals surface area contributed by atoms with E-state index >= 15 is 0 Å². The van der Waals surface area contributed by atoms with E-state index in [0.29, 0.717) is 24.8 Å². The molecule has 1 aromatic rings. The summed E-state index contributed by atoms with van der Waals surface area (Å²) in [6.45, 7) is 6.37. The zero-order chi connectivity index (χ0) is 16.8. The van der Waals surface area contributed by atoms with Crippen LogP contribution in [0.5, 0.6) is 0 Å². The molecule has 2 atom stereocenters. The maximum absolute atomic E-state index is 12.8. The summed E-state index contributed by atoms with van der Waals surface area (Å²) in [6, 6.07) is 0.655. The fourth-order valence-electron chi connectivity index (χ4n) is 3.58. The van der Waals surface area contributed by atoms with Gasteiger partial charge < -0.3 is 4.90 Å². The van der Waals surface area contributed by atoms with E-state index in [-0.39, 0.29) is 5.91 Å². The Morgan fingerprint density at radius 2 is 2.09 bits per heavy atom. The van der Waals surface area contributed by atoms with Crippen molar-refractivity contribution in [3.8, 4) is 0 Å². The fraction of sp³-hybridized carbons (Fsp3) is 0.733. The van der Waals surface area contributed by atoms with Crippen molar-refractivity contribution in [3.63, 3.8) is 0 Å². The fourth-order valence-corrected chi connectivity index (χ4v) is 3.58. The number of aromatic nitrogens is 2. The number of alkyl halides is 3. The average Bonchev–Trinajstić information content (AvgIpc) is 3.10. The molecule has 23 heavy (non-hydrogen) atoms. The standard InChI is InChI=1S/C15H21F3N4O/c1-10-8-13(15(16,17)18)19-22(10)11(2)14(23)21-7-6-20-5-3-4-12(20)9-21/h8,11-12H,3-7,9H2,1-2H3/t11-,12-/m0/s1. The Hall–Kier alpha value is -1.57. The van der Waals surface area contributed by atoms with Gasteiger partial charge >= 0.3 is 6.18 Å². The number of carbonyl (C=O) groups excluding carboxylic acids is 1. The van der Waals surface area contributed by atoms with Crippen molar-refractivity contribution in [2.75, 3.05) is 26.2 Å². The lowest BCUT2D eigenvalue weighted by molar-refractivity contribution is -0.143. The highest BCUT2D eigenvalue weighted by molar-refractivity contribution is 5.80. The van der Waals surface area contributed by atoms with Gasteiger partial charge in [0.25, 0.3) is 0 Å². The first kappa shape index (κ1) is 16.3. The molecule has 1 aromatic heterocycles. The molecule has 3 heterocycles. The van der Waals surface area contributed by atoms with Gasteiger partial charge in [-0.15, -0.1) is 0 Å². The second kappa shape index (κ2) is 5.81. The Labute approximate surface area is 133 Å². The van der Waals surface area contributed by atoms with Crippen molar-refractivity contribution in [2.45, 2.75) is 44.9 Å². The predicted molar refractivity (Wildman–Crippen MR) is 77.9 cm³/mol. The quantitative estimate of drug-likeness (QED) is 0.834. The molecule has 128 valence electrons. The summed E-state index contributed by atoms with van der Waals surface area (Å²) in [5, 5.41) is 3.60. The first-order valence-electron chi connectivity index (χ1n) is 7.93. The monoisotopic (exact) mass is 330 g/mol. The minimum absolute atomic E-state index is 0.156. The highest BCUT2D eigenvalue weighted by atomic mass is 19.4. The molecule has 0 saturated carbocycles. The number of hydrogen-bond acceptors (Lipinski definition) is 3. The Bertz CT molecular complexity index is 598. The molecule has 0 radical (unpaired) electrons. The van der Waals surface area contributed by atoms with Gasteiger partial charge in [-0.2, -0.15) is 18.3 Å². The van der Waals surface area contributed by atoms with Crippen LogP contribution in [0.25, 0.3) is 0 Å². The predicted octanol–water partition coefficient (Wildman–Crippen LogP) is 2.08. The first-order chi connectivity index (χ1) is 10.8. The number of piperazine rings is 1. The molecule has 2 aliphatic heterocycles. The lowest BCUT2D eigenvalue weighted by atomic mass is 10.1. The molecule has 3 rings (SSSR count). The van der Waals surface area contributed by atoms with Crippen molar-refractivity contribution >= 4 is 5.91 Å². The number of hydrogen-bond donors (Lipinski definition) is 0. The number of nitrogens with zero attached hydrogens (tertiary/aromatic N) is 4. The molecule has 8 heteroatoms. The Balaban J connectivity index is 1.73. The molecule has 5 nitrogen and oxygen atoms in total. The molecule has 2 saturated heterocycles. The van der Waals surface area contributed by atoms with E-state index in [1.54, 1.807) is 18.7 Å². The van der Waals surface area contributed by atoms with Crippen LogP contribution in [-0.2, 0) is 11.0 Å². The van der Waals surface area contributed by atoms with E-state index in [2.05, 4.69) is 10.00 Å². The summed E-state index contributed by atoms with van der Waals surface area (Å²) in [7, 11) is 0. The number of amides is 1. The molecule has 0 N–H and O–H groups in total. The van der Waals surface area contributed by atoms with Crippen LogP contribution in [0.4, 0.5) is 13.2 Å². The minimum atomic E-state index is -4.49. The van der Waals surface area contributed by atoms with Gasteiger partial charge in [-0.05, 0) is 39.3 Å². The van der Waals surface area contributed by atoms with Gasteiger partial charge in [-0.1, -0.05) is 0 Å². The summed E-state index contributed by atoms with van der Waals surface area (Å²) in [4.78, 5) is 16.8. The lowest BCUT2D eigenvalue weighted by Crippen LogP contribution is -2.53. The third-order valence-corrected chi connectivity index (χ3v) is 4.84. The molecule has 1 amide bonds. The van der Waals surface area contributed by atoms with E-state index in [1.807, 2.05) is 0 Å². The Morgan fingerprint density at radius 1 is 1.35 bits per heavy atom. The van der Waals surface area contributed by atoms with Gasteiger partial charge in [0.05, 0.1) is 0 Å². The second-order valence-electron chi connectivity index (χ2n) is 6.41. The van der Waals surface area contributed by atoms with Crippen molar-refractivity contribution in [1.29, 1.82) is 0 Å². The minimum Gasteiger partial charge on any atom is -0.338 e. The van der Waals surface area contributed by atoms with Crippen LogP contribution in [0.3, 0.4) is 0 Å². The smallest absolute Gasteiger partial charge is 0.338 e. The summed E-state index contributed by atoms with van der Waals surface area (Å²) in [6.07, 6.45) is -2.26. The Kier molecular flexibility index (Phi) is 4.12. The molecule has 0 spiro atoms. The van der Waals surface area contributed by atoms with Crippen LogP contribution in [0, 0.1) is 6.92 Å². The van der Waals surface area contributed by atoms with Gasteiger partial charge in [0.15, 0.2) is 5.69 Å². The van der Waals surface area contributed by atoms with E-state index in [1.165, 1.54) is 4.68 Å². The number of aryl methyl sites for hydroxylation is 1. The van der Waals surface area contributed by atoms with Crippen LogP contribution in [0.2, 0.25) is 0 Å². The van der Waals surface area contributed by atoms with E-state index < -0.39 is 17.9 Å². The third kappa shape index (κ3) is 3.08. The topological polar surface area (TPSA) is 41.4 Å². The average molecular weight is 330 g/mol. The van der Waals surface area contributed by atoms with Crippen LogP contribution in [0.1, 0.15) is 37.2 Å². The molecule has 0 unspecified atom stereocenters. The highest BCUT2D eigenvalue weighted by Crippen LogP contribution is 2.30. The molecular weight excluding hydrogens is 309 g/mol. The summed E-state index contributed by atoms with van der Waals surface area (Å²) < 4.78 is 39.5. The normalized spacial score (nSPS) is 23.9. The zero-order valence-corrected chi connectivity index (χ0v) is 13.3. The van der Waals surface area contributed by atoms with Gasteiger partial charge in [-0.25, -0.2) is 0 Å². The van der Waals surface area contributed by atoms with Gasteiger partial charge in [-0.3, -0.25) is 14.4 Å². The summed E-state index contributed by atoms with van der Waals surface area (Å²) in [5.41, 5.74) is -0.604. The summed E-state index contributed by atoms with van der Waals surface area (Å²) >= 11 is 0. The Morgan fingerprint density at radius 3 is 2.74 bits per heavy atom. The van der Waals surface area contributed by atoms with E-state index in [0.717, 1.165) is 32.0 Å². The molecule has 0 aromatic carbocycles. The second-order valence-corrected chi connectivity index (χ2v) is 6.41. The van der Waals surface area contributed by atoms with E-state index in [9.17, 15) is 18.0 Å². The van der Waals surface area contributed by atoms with E-state index in [4.69, 9.17) is 0 Å². The SMILES string of the molecule is Cc1cc(C(F)(F)F)nn1[C@@H](C)C(=O)N1CCN2CCC[C@H]2C1. The maximum Gasteiger partial charge on any atom is 0.435 e. The number of halogens is 3. The van der Waals surface area contributed by atoms with Gasteiger partial charge in [0, 0.05) is 31.4 Å². The van der Waals surface area contributed by atoms with Crippen molar-refractivity contribution in [1.82, 2.24) is 19.6 Å². The molecule has 2 fully saturated rings. The van der Waals surface area contributed by atoms with Crippen LogP contribution in [-0.4, -0.2) is 57.7 Å². The van der Waals surface area contributed by atoms with Crippen LogP contribution < -0.4 is 0 Å². The maximum atomic E-state index is 12.8. The molecule has 0 aliphatic carbocycles. The number of fused-ring (bicyclic) bond motifs is 1. The molecule has 0 bridgehead atoms. The molecular formula is C15H21F3N4O. The first-order valence-corrected chi connectivity index (χ1v) is 7.93. The number of rotatable bonds is 2. The third-order valence-electron chi connectivity index (χ3n) is 4.84. The van der Waals surface area contributed by atoms with Crippen molar-refractivity contribution in [3.05, 3.63) is 17.5 Å². The highest BCUT2D eigenvalue weighted by Gasteiger charge is 2.37. The molecule has 2 aliphatic rings. The van der Waals surface area contributed by atoms with Gasteiger partial charge in [0.2, 0.25) is 5.91 Å². The summed E-state index contributed by atoms with van der Waals surface area (Å²) in [5.74, 6) is -0.156. The zero-order valence-electron chi connectivity index (χ0n) is 13.3. The lowest BCUT2D eigenvalue weighted by Gasteiger charge is -2.38. The van der Waals surface area contributed by atoms with Crippen LogP contribution in [0.15, 0.2) is 6.07 Å². The number of carbonyl (C=O) groups is 1. The van der Waals surface area contributed by atoms with Crippen molar-refractivity contribution < 1.29 is 18.0 Å². The largest absolute Gasteiger partial charge is 0.435 e. The van der Waals surface area contributed by atoms with Gasteiger partial charge in [0.1, 0.15) is 6.04 Å². The van der Waals surface area contributed by atoms with Crippen LogP contribution >= 0.6 is 0 Å². The van der Waals surface area contributed by atoms with Crippen molar-refractivity contribution in [2.24, 2.45) is 0 Å².